The Labute approximate surface area is 238 Å². The van der Waals surface area contributed by atoms with Crippen LogP contribution in [0.3, 0.4) is 0 Å². The molecule has 212 valence electrons. The predicted octanol–water partition coefficient (Wildman–Crippen LogP) is 3.73. The molecular formula is C30H34N8O3. The first-order valence-corrected chi connectivity index (χ1v) is 14.1. The summed E-state index contributed by atoms with van der Waals surface area (Å²) < 4.78 is 8.02. The number of likely N-dealkylation sites (tertiary alicyclic amines) is 1. The van der Waals surface area contributed by atoms with Crippen LogP contribution >= 0.6 is 0 Å². The van der Waals surface area contributed by atoms with Crippen LogP contribution in [0, 0.1) is 18.3 Å². The fraction of sp³-hybridized carbons (Fsp3) is 0.433. The molecule has 0 bridgehead atoms. The minimum absolute atomic E-state index is 0.0989. The van der Waals surface area contributed by atoms with Crippen LogP contribution in [-0.2, 0) is 6.42 Å². The van der Waals surface area contributed by atoms with Crippen molar-refractivity contribution in [1.29, 1.82) is 5.26 Å². The molecule has 0 radical (unpaired) electrons. The topological polar surface area (TPSA) is 123 Å². The Morgan fingerprint density at radius 3 is 2.76 bits per heavy atom. The molecule has 41 heavy (non-hydrogen) atoms. The fourth-order valence-corrected chi connectivity index (χ4v) is 6.19. The minimum Gasteiger partial charge on any atom is -0.465 e. The van der Waals surface area contributed by atoms with Gasteiger partial charge in [0.2, 0.25) is 0 Å². The van der Waals surface area contributed by atoms with Gasteiger partial charge in [-0.3, -0.25) is 0 Å². The molecule has 2 aromatic heterocycles. The highest BCUT2D eigenvalue weighted by atomic mass is 16.5. The van der Waals surface area contributed by atoms with Crippen LogP contribution in [0.25, 0.3) is 16.4 Å². The van der Waals surface area contributed by atoms with Crippen LogP contribution in [0.1, 0.15) is 36.1 Å². The van der Waals surface area contributed by atoms with Crippen molar-refractivity contribution in [2.75, 3.05) is 44.7 Å². The lowest BCUT2D eigenvalue weighted by Gasteiger charge is -2.39. The van der Waals surface area contributed by atoms with E-state index in [0.29, 0.717) is 43.6 Å². The molecular weight excluding hydrogens is 520 g/mol. The lowest BCUT2D eigenvalue weighted by atomic mass is 9.97. The second kappa shape index (κ2) is 11.2. The molecule has 4 heterocycles. The number of aryl methyl sites for hydroxylation is 1. The Hall–Kier alpha value is -4.43. The lowest BCUT2D eigenvalue weighted by molar-refractivity contribution is 0.119. The van der Waals surface area contributed by atoms with E-state index < -0.39 is 12.1 Å². The van der Waals surface area contributed by atoms with Crippen LogP contribution < -0.4 is 9.64 Å². The number of imidazole rings is 1. The largest absolute Gasteiger partial charge is 0.465 e. The monoisotopic (exact) mass is 554 g/mol. The zero-order valence-corrected chi connectivity index (χ0v) is 23.4. The van der Waals surface area contributed by atoms with E-state index in [0.717, 1.165) is 25.1 Å². The summed E-state index contributed by atoms with van der Waals surface area (Å²) >= 11 is 0. The number of likely N-dealkylation sites (N-methyl/N-ethyl adjacent to an activating group) is 1. The number of benzene rings is 2. The summed E-state index contributed by atoms with van der Waals surface area (Å²) in [4.78, 5) is 27.0. The first-order valence-electron chi connectivity index (χ1n) is 14.1. The lowest BCUT2D eigenvalue weighted by Crippen LogP contribution is -2.55. The molecule has 0 spiro atoms. The molecule has 2 aromatic carbocycles. The quantitative estimate of drug-likeness (QED) is 0.364. The second-order valence-corrected chi connectivity index (χ2v) is 11.0. The van der Waals surface area contributed by atoms with E-state index in [4.69, 9.17) is 19.8 Å². The molecule has 11 heteroatoms. The van der Waals surface area contributed by atoms with Gasteiger partial charge < -0.3 is 24.5 Å². The summed E-state index contributed by atoms with van der Waals surface area (Å²) in [6.07, 6.45) is 3.74. The Morgan fingerprint density at radius 2 is 2.00 bits per heavy atom. The number of nitrogens with zero attached hydrogens (tertiary/aromatic N) is 8. The summed E-state index contributed by atoms with van der Waals surface area (Å²) in [5, 5.41) is 26.3. The summed E-state index contributed by atoms with van der Waals surface area (Å²) in [5.41, 5.74) is 3.88. The van der Waals surface area contributed by atoms with E-state index in [1.165, 1.54) is 26.8 Å². The number of rotatable bonds is 7. The maximum absolute atomic E-state index is 11.8. The first-order chi connectivity index (χ1) is 19.9. The van der Waals surface area contributed by atoms with Gasteiger partial charge in [-0.2, -0.15) is 10.2 Å². The molecule has 0 saturated carbocycles. The van der Waals surface area contributed by atoms with Crippen molar-refractivity contribution in [3.8, 4) is 12.1 Å². The molecule has 11 nitrogen and oxygen atoms in total. The molecule has 2 unspecified atom stereocenters. The smallest absolute Gasteiger partial charge is 0.407 e. The molecule has 2 fully saturated rings. The molecule has 2 aliphatic rings. The van der Waals surface area contributed by atoms with Crippen molar-refractivity contribution in [2.45, 2.75) is 44.7 Å². The molecule has 4 aromatic rings. The molecule has 2 aliphatic heterocycles. The molecule has 6 rings (SSSR count). The number of aromatic nitrogens is 4. The van der Waals surface area contributed by atoms with Gasteiger partial charge in [0.25, 0.3) is 0 Å². The molecule has 1 N–H and O–H groups in total. The minimum atomic E-state index is -1.02. The van der Waals surface area contributed by atoms with Gasteiger partial charge in [-0.15, -0.1) is 5.10 Å². The zero-order chi connectivity index (χ0) is 28.5. The van der Waals surface area contributed by atoms with Gasteiger partial charge >= 0.3 is 12.1 Å². The maximum atomic E-state index is 11.8. The van der Waals surface area contributed by atoms with Crippen molar-refractivity contribution in [3.63, 3.8) is 0 Å². The first kappa shape index (κ1) is 26.8. The third-order valence-electron chi connectivity index (χ3n) is 8.40. The zero-order valence-electron chi connectivity index (χ0n) is 23.4. The van der Waals surface area contributed by atoms with E-state index in [-0.39, 0.29) is 19.0 Å². The third kappa shape index (κ3) is 5.23. The van der Waals surface area contributed by atoms with Gasteiger partial charge in [0.1, 0.15) is 6.61 Å². The molecule has 0 aliphatic carbocycles. The van der Waals surface area contributed by atoms with Crippen molar-refractivity contribution in [3.05, 3.63) is 59.4 Å². The average molecular weight is 555 g/mol. The number of hydrogen-bond acceptors (Lipinski definition) is 8. The third-order valence-corrected chi connectivity index (χ3v) is 8.40. The van der Waals surface area contributed by atoms with Crippen LogP contribution in [0.5, 0.6) is 6.01 Å². The van der Waals surface area contributed by atoms with E-state index in [9.17, 15) is 15.2 Å². The number of piperazine rings is 1. The number of carbonyl (C=O) groups is 1. The highest BCUT2D eigenvalue weighted by molar-refractivity contribution is 5.89. The molecule has 1 amide bonds. The van der Waals surface area contributed by atoms with Crippen molar-refractivity contribution in [1.82, 2.24) is 29.4 Å². The normalized spacial score (nSPS) is 19.6. The standard InChI is InChI=1S/C30H34N8O3/c1-20-6-3-7-21-8-4-9-22(26(20)21)16-25-17-32-27-28(36-14-15-37(30(39)40)23(18-36)11-12-31)33-29(34-38(25)27)41-19-24-10-5-13-35(24)2/h3-4,6-9,17,23-24H,5,10-11,13-16,18-19H2,1-2H3,(H,39,40). The van der Waals surface area contributed by atoms with E-state index >= 15 is 0 Å². The van der Waals surface area contributed by atoms with E-state index in [1.807, 2.05) is 15.6 Å². The van der Waals surface area contributed by atoms with Crippen LogP contribution in [0.2, 0.25) is 0 Å². The van der Waals surface area contributed by atoms with Gasteiger partial charge in [-0.05, 0) is 55.3 Å². The Balaban J connectivity index is 1.39. The number of hydrogen-bond donors (Lipinski definition) is 1. The van der Waals surface area contributed by atoms with E-state index in [2.05, 4.69) is 61.3 Å². The van der Waals surface area contributed by atoms with Gasteiger partial charge in [-0.1, -0.05) is 36.4 Å². The highest BCUT2D eigenvalue weighted by Gasteiger charge is 2.33. The summed E-state index contributed by atoms with van der Waals surface area (Å²) in [6.45, 7) is 4.69. The van der Waals surface area contributed by atoms with Gasteiger partial charge in [-0.25, -0.2) is 14.3 Å². The van der Waals surface area contributed by atoms with Crippen LogP contribution in [0.4, 0.5) is 10.6 Å². The fourth-order valence-electron chi connectivity index (χ4n) is 6.19. The van der Waals surface area contributed by atoms with Crippen molar-refractivity contribution in [2.24, 2.45) is 0 Å². The Morgan fingerprint density at radius 1 is 1.17 bits per heavy atom. The number of ether oxygens (including phenoxy) is 1. The molecule has 2 atom stereocenters. The van der Waals surface area contributed by atoms with Gasteiger partial charge in [0.05, 0.1) is 30.4 Å². The summed E-state index contributed by atoms with van der Waals surface area (Å²) in [5.74, 6) is 0.586. The van der Waals surface area contributed by atoms with E-state index in [1.54, 1.807) is 0 Å². The summed E-state index contributed by atoms with van der Waals surface area (Å²) in [6, 6.07) is 14.9. The Bertz CT molecular complexity index is 1620. The van der Waals surface area contributed by atoms with Crippen molar-refractivity contribution < 1.29 is 14.6 Å². The number of fused-ring (bicyclic) bond motifs is 2. The van der Waals surface area contributed by atoms with Crippen LogP contribution in [0.15, 0.2) is 42.6 Å². The van der Waals surface area contributed by atoms with Crippen LogP contribution in [-0.4, -0.2) is 92.5 Å². The Kier molecular flexibility index (Phi) is 7.32. The predicted molar refractivity (Wildman–Crippen MR) is 154 cm³/mol. The second-order valence-electron chi connectivity index (χ2n) is 11.0. The highest BCUT2D eigenvalue weighted by Crippen LogP contribution is 2.29. The number of carboxylic acid groups (broad SMARTS) is 1. The van der Waals surface area contributed by atoms with Crippen molar-refractivity contribution >= 4 is 28.3 Å². The molecule has 2 saturated heterocycles. The number of amides is 1. The maximum Gasteiger partial charge on any atom is 0.407 e. The summed E-state index contributed by atoms with van der Waals surface area (Å²) in [7, 11) is 2.11. The number of nitriles is 1. The SMILES string of the molecule is Cc1cccc2cccc(Cc3cnc4c(N5CCN(C(=O)O)C(CC#N)C5)nc(OCC5CCCN5C)nn34)c12. The van der Waals surface area contributed by atoms with Gasteiger partial charge in [0, 0.05) is 32.1 Å². The number of anilines is 1. The average Bonchev–Trinajstić information content (AvgIpc) is 3.57. The van der Waals surface area contributed by atoms with Gasteiger partial charge in [0.15, 0.2) is 11.5 Å².